The second kappa shape index (κ2) is 15.0. The van der Waals surface area contributed by atoms with Crippen molar-refractivity contribution in [1.82, 2.24) is 0 Å². The summed E-state index contributed by atoms with van der Waals surface area (Å²) in [7, 11) is -0.975. The monoisotopic (exact) mass is 430 g/mol. The molecule has 0 aliphatic heterocycles. The van der Waals surface area contributed by atoms with Crippen LogP contribution in [-0.4, -0.2) is 33.2 Å². The van der Waals surface area contributed by atoms with Gasteiger partial charge in [-0.2, -0.15) is 0 Å². The molecule has 0 rings (SSSR count). The molecule has 0 unspecified atom stereocenters. The Hall–Kier alpha value is -0.843. The van der Waals surface area contributed by atoms with Crippen molar-refractivity contribution in [3.8, 4) is 0 Å². The molecule has 0 aromatic rings. The van der Waals surface area contributed by atoms with E-state index in [4.69, 9.17) is 9.47 Å². The second-order valence-corrected chi connectivity index (χ2v) is 16.1. The smallest absolute Gasteiger partial charge is 0.311 e. The van der Waals surface area contributed by atoms with Crippen LogP contribution in [-0.2, 0) is 19.1 Å². The molecule has 4 nitrogen and oxygen atoms in total. The van der Waals surface area contributed by atoms with Gasteiger partial charge in [0.25, 0.3) is 0 Å². The van der Waals surface area contributed by atoms with Crippen molar-refractivity contribution < 1.29 is 19.1 Å². The molecular weight excluding hydrogens is 380 g/mol. The van der Waals surface area contributed by atoms with Crippen molar-refractivity contribution in [2.45, 2.75) is 119 Å². The van der Waals surface area contributed by atoms with Crippen molar-refractivity contribution >= 4 is 20.0 Å². The molecule has 29 heavy (non-hydrogen) atoms. The van der Waals surface area contributed by atoms with Gasteiger partial charge in [-0.05, 0) is 53.4 Å². The first-order chi connectivity index (χ1) is 13.2. The van der Waals surface area contributed by atoms with Gasteiger partial charge in [0.2, 0.25) is 0 Å². The quantitative estimate of drug-likeness (QED) is 0.175. The van der Waals surface area contributed by atoms with E-state index in [9.17, 15) is 9.59 Å². The Morgan fingerprint density at radius 1 is 0.690 bits per heavy atom. The summed E-state index contributed by atoms with van der Waals surface area (Å²) >= 11 is 0. The summed E-state index contributed by atoms with van der Waals surface area (Å²) in [5, 5.41) is 0. The molecular formula is C24H50O4Si. The molecule has 0 saturated carbocycles. The fraction of sp³-hybridized carbons (Fsp3) is 0.917. The van der Waals surface area contributed by atoms with Crippen LogP contribution in [0.3, 0.4) is 0 Å². The summed E-state index contributed by atoms with van der Waals surface area (Å²) in [5.74, 6) is -0.114. The van der Waals surface area contributed by atoms with Crippen LogP contribution in [0.5, 0.6) is 0 Å². The largest absolute Gasteiger partial charge is 0.465 e. The van der Waals surface area contributed by atoms with Crippen LogP contribution in [0.2, 0.25) is 25.7 Å². The molecule has 0 aromatic heterocycles. The van der Waals surface area contributed by atoms with Gasteiger partial charge in [-0.3, -0.25) is 9.59 Å². The minimum absolute atomic E-state index is 0.0550. The minimum Gasteiger partial charge on any atom is -0.465 e. The van der Waals surface area contributed by atoms with E-state index < -0.39 is 8.07 Å². The summed E-state index contributed by atoms with van der Waals surface area (Å²) in [5.41, 5.74) is -0.635. The molecule has 174 valence electrons. The third-order valence-corrected chi connectivity index (χ3v) is 7.26. The van der Waals surface area contributed by atoms with E-state index in [0.29, 0.717) is 13.2 Å². The molecule has 0 heterocycles. The van der Waals surface area contributed by atoms with Gasteiger partial charge in [-0.25, -0.2) is 0 Å². The third kappa shape index (κ3) is 16.6. The van der Waals surface area contributed by atoms with Gasteiger partial charge >= 0.3 is 11.9 Å². The Kier molecular flexibility index (Phi) is 15.7. The summed E-state index contributed by atoms with van der Waals surface area (Å²) in [6.45, 7) is 22.1. The first-order valence-electron chi connectivity index (χ1n) is 11.6. The van der Waals surface area contributed by atoms with Gasteiger partial charge in [0.15, 0.2) is 0 Å². The number of carbonyl (C=O) groups is 2. The summed E-state index contributed by atoms with van der Waals surface area (Å²) < 4.78 is 10.5. The summed E-state index contributed by atoms with van der Waals surface area (Å²) in [6.07, 6.45) is 7.29. The summed E-state index contributed by atoms with van der Waals surface area (Å²) in [6, 6.07) is 1.23. The van der Waals surface area contributed by atoms with Crippen molar-refractivity contribution in [1.29, 1.82) is 0 Å². The Labute approximate surface area is 182 Å². The van der Waals surface area contributed by atoms with Crippen LogP contribution in [0.1, 0.15) is 93.4 Å². The number of carbonyl (C=O) groups excluding carboxylic acids is 2. The van der Waals surface area contributed by atoms with Gasteiger partial charge in [-0.1, -0.05) is 65.7 Å². The molecule has 0 spiro atoms. The van der Waals surface area contributed by atoms with E-state index in [0.717, 1.165) is 32.1 Å². The van der Waals surface area contributed by atoms with Crippen LogP contribution in [0, 0.1) is 10.8 Å². The Morgan fingerprint density at radius 2 is 1.10 bits per heavy atom. The molecule has 0 N–H and O–H groups in total. The van der Waals surface area contributed by atoms with Crippen LogP contribution in [0.15, 0.2) is 0 Å². The number of ether oxygens (including phenoxy) is 2. The minimum atomic E-state index is -0.975. The van der Waals surface area contributed by atoms with Gasteiger partial charge in [0.05, 0.1) is 24.0 Å². The van der Waals surface area contributed by atoms with Crippen LogP contribution in [0.25, 0.3) is 0 Å². The second-order valence-electron chi connectivity index (χ2n) is 10.5. The first kappa shape index (κ1) is 30.4. The molecule has 0 amide bonds. The Balaban J connectivity index is 0. The Morgan fingerprint density at radius 3 is 1.45 bits per heavy atom. The topological polar surface area (TPSA) is 52.6 Å². The molecule has 0 bridgehead atoms. The van der Waals surface area contributed by atoms with E-state index in [1.54, 1.807) is 0 Å². The van der Waals surface area contributed by atoms with Crippen LogP contribution >= 0.6 is 0 Å². The van der Waals surface area contributed by atoms with Crippen LogP contribution in [0.4, 0.5) is 0 Å². The lowest BCUT2D eigenvalue weighted by atomic mass is 9.91. The maximum atomic E-state index is 11.6. The first-order valence-corrected chi connectivity index (χ1v) is 15.3. The molecule has 5 heteroatoms. The normalized spacial score (nSPS) is 12.1. The maximum absolute atomic E-state index is 11.6. The average Bonchev–Trinajstić information content (AvgIpc) is 2.64. The molecule has 0 radical (unpaired) electrons. The van der Waals surface area contributed by atoms with E-state index in [1.807, 2.05) is 41.5 Å². The van der Waals surface area contributed by atoms with Crippen molar-refractivity contribution in [2.24, 2.45) is 10.8 Å². The number of hydrogen-bond donors (Lipinski definition) is 0. The zero-order valence-corrected chi connectivity index (χ0v) is 22.2. The van der Waals surface area contributed by atoms with Crippen LogP contribution < -0.4 is 0 Å². The fourth-order valence-electron chi connectivity index (χ4n) is 2.14. The number of esters is 2. The van der Waals surface area contributed by atoms with Crippen molar-refractivity contribution in [3.05, 3.63) is 0 Å². The number of rotatable bonds is 13. The fourth-order valence-corrected chi connectivity index (χ4v) is 3.35. The van der Waals surface area contributed by atoms with E-state index in [-0.39, 0.29) is 22.8 Å². The molecule has 0 atom stereocenters. The SMILES string of the molecule is CCC(C)(C)C(=O)OCCC[Si](C)(C)C.CCCCCCOC(=O)C(C)(C)CC. The molecule has 0 fully saturated rings. The molecule has 0 aromatic carbocycles. The maximum Gasteiger partial charge on any atom is 0.311 e. The van der Waals surface area contributed by atoms with E-state index in [1.165, 1.54) is 18.9 Å². The standard InChI is InChI=1S/C12H26O2Si.C12H24O2/c1-7-12(2,3)11(13)14-9-8-10-15(4,5)6;1-5-7-8-9-10-14-11(13)12(3,4)6-2/h7-10H2,1-6H3;5-10H2,1-4H3. The van der Waals surface area contributed by atoms with Gasteiger partial charge < -0.3 is 9.47 Å². The van der Waals surface area contributed by atoms with Gasteiger partial charge in [-0.15, -0.1) is 0 Å². The van der Waals surface area contributed by atoms with Crippen molar-refractivity contribution in [2.75, 3.05) is 13.2 Å². The number of hydrogen-bond acceptors (Lipinski definition) is 4. The predicted octanol–water partition coefficient (Wildman–Crippen LogP) is 7.24. The number of unbranched alkanes of at least 4 members (excludes halogenated alkanes) is 3. The zero-order valence-electron chi connectivity index (χ0n) is 21.2. The molecule has 0 aliphatic carbocycles. The van der Waals surface area contributed by atoms with Gasteiger partial charge in [0.1, 0.15) is 0 Å². The lowest BCUT2D eigenvalue weighted by Gasteiger charge is -2.21. The predicted molar refractivity (Wildman–Crippen MR) is 127 cm³/mol. The molecule has 0 saturated heterocycles. The van der Waals surface area contributed by atoms with Crippen molar-refractivity contribution in [3.63, 3.8) is 0 Å². The highest BCUT2D eigenvalue weighted by Crippen LogP contribution is 2.22. The van der Waals surface area contributed by atoms with E-state index in [2.05, 4.69) is 26.6 Å². The lowest BCUT2D eigenvalue weighted by Crippen LogP contribution is -2.27. The Bertz CT molecular complexity index is 450. The highest BCUT2D eigenvalue weighted by atomic mass is 28.3. The lowest BCUT2D eigenvalue weighted by molar-refractivity contribution is -0.154. The molecule has 0 aliphatic rings. The third-order valence-electron chi connectivity index (χ3n) is 5.41. The highest BCUT2D eigenvalue weighted by molar-refractivity contribution is 6.76. The highest BCUT2D eigenvalue weighted by Gasteiger charge is 2.27. The van der Waals surface area contributed by atoms with Gasteiger partial charge in [0, 0.05) is 8.07 Å². The zero-order chi connectivity index (χ0) is 23.1. The summed E-state index contributed by atoms with van der Waals surface area (Å²) in [4.78, 5) is 23.1. The average molecular weight is 431 g/mol. The van der Waals surface area contributed by atoms with E-state index >= 15 is 0 Å².